The van der Waals surface area contributed by atoms with Gasteiger partial charge in [-0.2, -0.15) is 0 Å². The van der Waals surface area contributed by atoms with Crippen LogP contribution in [-0.4, -0.2) is 22.6 Å². The molecule has 0 saturated carbocycles. The summed E-state index contributed by atoms with van der Waals surface area (Å²) in [6, 6.07) is 17.7. The smallest absolute Gasteiger partial charge is 0.126 e. The molecule has 0 aliphatic carbocycles. The Bertz CT molecular complexity index is 1570. The van der Waals surface area contributed by atoms with Crippen molar-refractivity contribution < 1.29 is 19.0 Å². The fourth-order valence-corrected chi connectivity index (χ4v) is 4.60. The summed E-state index contributed by atoms with van der Waals surface area (Å²) >= 11 is 0. The Morgan fingerprint density at radius 3 is 2.52 bits per heavy atom. The van der Waals surface area contributed by atoms with Crippen LogP contribution in [0.15, 0.2) is 66.9 Å². The molecule has 2 heterocycles. The first-order chi connectivity index (χ1) is 15.9. The van der Waals surface area contributed by atoms with Gasteiger partial charge in [0.05, 0.1) is 29.8 Å². The third-order valence-electron chi connectivity index (χ3n) is 6.05. The number of hydrogen-bond donors (Lipinski definition) is 0. The number of aromatic nitrogens is 2. The van der Waals surface area contributed by atoms with Crippen molar-refractivity contribution in [3.05, 3.63) is 83.8 Å². The topological polar surface area (TPSA) is 67.2 Å². The number of carbonyl (C=O) groups is 1. The number of fused-ring (bicyclic) bond motifs is 2. The highest BCUT2D eigenvalue weighted by molar-refractivity contribution is 6.08. The maximum Gasteiger partial charge on any atom is 0.126 e. The van der Waals surface area contributed by atoms with E-state index in [1.165, 1.54) is 18.2 Å². The van der Waals surface area contributed by atoms with Gasteiger partial charge in [-0.3, -0.25) is 0 Å². The van der Waals surface area contributed by atoms with Crippen molar-refractivity contribution in [3.8, 4) is 28.1 Å². The van der Waals surface area contributed by atoms with Gasteiger partial charge in [0, 0.05) is 46.3 Å². The lowest BCUT2D eigenvalue weighted by molar-refractivity contribution is -0.254. The number of carbonyl (C=O) groups excluding carboxylic acids is 1. The predicted molar refractivity (Wildman–Crippen MR) is 125 cm³/mol. The van der Waals surface area contributed by atoms with E-state index in [2.05, 4.69) is 0 Å². The standard InChI is InChI=1S/C27H21FN2O3/c1-15-24(27(31)32)20-13-16(28)11-12-22(20)29-25(15)21-14-30(2)26-18(8-6-9-19(21)26)17-7-4-5-10-23(17)33-3/h4-14H,1-3H3,(H,31,32)/p-1. The van der Waals surface area contributed by atoms with Crippen LogP contribution in [0.2, 0.25) is 0 Å². The highest BCUT2D eigenvalue weighted by atomic mass is 19.1. The Morgan fingerprint density at radius 1 is 1.00 bits per heavy atom. The van der Waals surface area contributed by atoms with Crippen LogP contribution in [0.3, 0.4) is 0 Å². The minimum absolute atomic E-state index is 0.0487. The molecule has 33 heavy (non-hydrogen) atoms. The third kappa shape index (κ3) is 3.22. The number of para-hydroxylation sites is 2. The number of pyridine rings is 1. The van der Waals surface area contributed by atoms with Crippen LogP contribution in [0.5, 0.6) is 5.75 Å². The molecule has 0 spiro atoms. The van der Waals surface area contributed by atoms with Crippen molar-refractivity contribution in [2.75, 3.05) is 7.11 Å². The van der Waals surface area contributed by atoms with Gasteiger partial charge in [0.1, 0.15) is 11.6 Å². The fraction of sp³-hybridized carbons (Fsp3) is 0.111. The molecule has 3 aromatic carbocycles. The summed E-state index contributed by atoms with van der Waals surface area (Å²) < 4.78 is 21.4. The van der Waals surface area contributed by atoms with Gasteiger partial charge in [-0.15, -0.1) is 0 Å². The van der Waals surface area contributed by atoms with Crippen LogP contribution in [0, 0.1) is 12.7 Å². The van der Waals surface area contributed by atoms with Gasteiger partial charge >= 0.3 is 0 Å². The van der Waals surface area contributed by atoms with Gasteiger partial charge < -0.3 is 19.2 Å². The van der Waals surface area contributed by atoms with Crippen molar-refractivity contribution >= 4 is 27.8 Å². The average molecular weight is 439 g/mol. The molecule has 0 aliphatic rings. The van der Waals surface area contributed by atoms with Crippen LogP contribution in [0.25, 0.3) is 44.2 Å². The largest absolute Gasteiger partial charge is 0.545 e. The molecule has 2 aromatic heterocycles. The molecule has 0 atom stereocenters. The van der Waals surface area contributed by atoms with Crippen LogP contribution in [-0.2, 0) is 7.05 Å². The lowest BCUT2D eigenvalue weighted by Gasteiger charge is -2.15. The number of rotatable bonds is 4. The van der Waals surface area contributed by atoms with Gasteiger partial charge in [-0.1, -0.05) is 36.4 Å². The van der Waals surface area contributed by atoms with Crippen molar-refractivity contribution in [2.24, 2.45) is 7.05 Å². The second-order valence-corrected chi connectivity index (χ2v) is 7.97. The van der Waals surface area contributed by atoms with E-state index in [1.54, 1.807) is 14.0 Å². The van der Waals surface area contributed by atoms with Crippen LogP contribution < -0.4 is 9.84 Å². The summed E-state index contributed by atoms with van der Waals surface area (Å²) in [6.45, 7) is 1.68. The SMILES string of the molecule is COc1ccccc1-c1cccc2c(-c3nc4ccc(F)cc4c(C(=O)[O-])c3C)cn(C)c12. The average Bonchev–Trinajstić information content (AvgIpc) is 3.15. The quantitative estimate of drug-likeness (QED) is 0.400. The first kappa shape index (κ1) is 20.7. The maximum atomic E-state index is 13.9. The second kappa shape index (κ2) is 7.74. The van der Waals surface area contributed by atoms with Gasteiger partial charge in [0.25, 0.3) is 0 Å². The lowest BCUT2D eigenvalue weighted by Crippen LogP contribution is -2.24. The number of benzene rings is 3. The molecule has 0 saturated heterocycles. The Labute approximate surface area is 189 Å². The summed E-state index contributed by atoms with van der Waals surface area (Å²) in [6.07, 6.45) is 1.94. The number of carboxylic acids is 1. The highest BCUT2D eigenvalue weighted by Crippen LogP contribution is 2.40. The van der Waals surface area contributed by atoms with E-state index in [9.17, 15) is 14.3 Å². The minimum Gasteiger partial charge on any atom is -0.545 e. The van der Waals surface area contributed by atoms with Gasteiger partial charge in [-0.05, 0) is 36.8 Å². The number of aryl methyl sites for hydroxylation is 1. The lowest BCUT2D eigenvalue weighted by atomic mass is 9.96. The van der Waals surface area contributed by atoms with E-state index >= 15 is 0 Å². The van der Waals surface area contributed by atoms with Crippen molar-refractivity contribution in [1.29, 1.82) is 0 Å². The van der Waals surface area contributed by atoms with Gasteiger partial charge in [-0.25, -0.2) is 9.37 Å². The summed E-state index contributed by atoms with van der Waals surface area (Å²) in [7, 11) is 3.58. The Hall–Kier alpha value is -4.19. The van der Waals surface area contributed by atoms with E-state index in [4.69, 9.17) is 9.72 Å². The zero-order valence-corrected chi connectivity index (χ0v) is 18.3. The molecule has 164 valence electrons. The number of carboxylic acid groups (broad SMARTS) is 1. The van der Waals surface area contributed by atoms with Crippen LogP contribution in [0.1, 0.15) is 15.9 Å². The monoisotopic (exact) mass is 439 g/mol. The molecule has 5 nitrogen and oxygen atoms in total. The first-order valence-electron chi connectivity index (χ1n) is 10.4. The summed E-state index contributed by atoms with van der Waals surface area (Å²) in [5, 5.41) is 13.2. The number of methoxy groups -OCH3 is 1. The van der Waals surface area contributed by atoms with Crippen LogP contribution >= 0.6 is 0 Å². The normalized spacial score (nSPS) is 11.3. The molecular weight excluding hydrogens is 419 g/mol. The minimum atomic E-state index is -1.36. The van der Waals surface area contributed by atoms with E-state index < -0.39 is 11.8 Å². The fourth-order valence-electron chi connectivity index (χ4n) is 4.60. The molecule has 0 N–H and O–H groups in total. The molecular formula is C27H20FN2O3-. The molecule has 6 heteroatoms. The first-order valence-corrected chi connectivity index (χ1v) is 10.4. The van der Waals surface area contributed by atoms with Crippen LogP contribution in [0.4, 0.5) is 4.39 Å². The van der Waals surface area contributed by atoms with Crippen molar-refractivity contribution in [3.63, 3.8) is 0 Å². The molecule has 0 aliphatic heterocycles. The zero-order valence-electron chi connectivity index (χ0n) is 18.3. The molecule has 5 aromatic rings. The molecule has 0 fully saturated rings. The number of halogens is 1. The Morgan fingerprint density at radius 2 is 1.76 bits per heavy atom. The summed E-state index contributed by atoms with van der Waals surface area (Å²) in [5.74, 6) is -1.12. The summed E-state index contributed by atoms with van der Waals surface area (Å²) in [4.78, 5) is 16.8. The number of nitrogens with zero attached hydrogens (tertiary/aromatic N) is 2. The molecule has 5 rings (SSSR count). The van der Waals surface area contributed by atoms with Crippen molar-refractivity contribution in [2.45, 2.75) is 6.92 Å². The van der Waals surface area contributed by atoms with E-state index in [-0.39, 0.29) is 10.9 Å². The van der Waals surface area contributed by atoms with Gasteiger partial charge in [0.2, 0.25) is 0 Å². The molecule has 0 amide bonds. The third-order valence-corrected chi connectivity index (χ3v) is 6.05. The molecule has 0 unspecified atom stereocenters. The Kier molecular flexibility index (Phi) is 4.86. The molecule has 0 radical (unpaired) electrons. The van der Waals surface area contributed by atoms with E-state index in [0.29, 0.717) is 16.8 Å². The number of hydrogen-bond acceptors (Lipinski definition) is 4. The zero-order chi connectivity index (χ0) is 23.3. The number of aromatic carboxylic acids is 1. The number of ether oxygens (including phenoxy) is 1. The molecule has 0 bridgehead atoms. The van der Waals surface area contributed by atoms with Crippen molar-refractivity contribution in [1.82, 2.24) is 9.55 Å². The highest BCUT2D eigenvalue weighted by Gasteiger charge is 2.20. The van der Waals surface area contributed by atoms with E-state index in [1.807, 2.05) is 60.3 Å². The Balaban J connectivity index is 1.84. The predicted octanol–water partition coefficient (Wildman–Crippen LogP) is 4.88. The summed E-state index contributed by atoms with van der Waals surface area (Å²) in [5.41, 5.74) is 5.00. The maximum absolute atomic E-state index is 13.9. The second-order valence-electron chi connectivity index (χ2n) is 7.97. The van der Waals surface area contributed by atoms with Gasteiger partial charge in [0.15, 0.2) is 0 Å². The van der Waals surface area contributed by atoms with E-state index in [0.717, 1.165) is 33.3 Å².